The predicted octanol–water partition coefficient (Wildman–Crippen LogP) is 3.52. The van der Waals surface area contributed by atoms with Gasteiger partial charge in [-0.2, -0.15) is 0 Å². The second kappa shape index (κ2) is 6.96. The molecular weight excluding hydrogens is 310 g/mol. The molecule has 5 heteroatoms. The third-order valence-corrected chi connectivity index (χ3v) is 4.72. The summed E-state index contributed by atoms with van der Waals surface area (Å²) in [7, 11) is 0. The molecule has 1 amide bonds. The van der Waals surface area contributed by atoms with Crippen molar-refractivity contribution in [1.29, 1.82) is 0 Å². The van der Waals surface area contributed by atoms with Crippen LogP contribution >= 0.6 is 11.8 Å². The Morgan fingerprint density at radius 1 is 1.17 bits per heavy atom. The third-order valence-electron chi connectivity index (χ3n) is 3.61. The first-order valence-electron chi connectivity index (χ1n) is 7.51. The molecule has 1 N–H and O–H groups in total. The summed E-state index contributed by atoms with van der Waals surface area (Å²) in [5.41, 5.74) is 2.21. The largest absolute Gasteiger partial charge is 0.454 e. The van der Waals surface area contributed by atoms with Crippen molar-refractivity contribution < 1.29 is 14.3 Å². The maximum Gasteiger partial charge on any atom is 0.233 e. The zero-order valence-electron chi connectivity index (χ0n) is 13.2. The monoisotopic (exact) mass is 329 g/mol. The van der Waals surface area contributed by atoms with Crippen molar-refractivity contribution >= 4 is 17.7 Å². The Kier molecular flexibility index (Phi) is 4.76. The predicted molar refractivity (Wildman–Crippen MR) is 90.9 cm³/mol. The Hall–Kier alpha value is -2.14. The number of hydrogen-bond donors (Lipinski definition) is 1. The molecule has 1 aliphatic heterocycles. The van der Waals surface area contributed by atoms with Gasteiger partial charge in [-0.15, -0.1) is 11.8 Å². The van der Waals surface area contributed by atoms with E-state index in [0.717, 1.165) is 22.0 Å². The molecule has 2 aromatic rings. The standard InChI is InChI=1S/C18H19NO3S/c1-12-3-6-15(7-4-12)23-13(2)18(20)19-10-14-5-8-16-17(9-14)22-11-21-16/h3-9,13H,10-11H2,1-2H3,(H,19,20)/t13-/m1/s1. The van der Waals surface area contributed by atoms with E-state index in [-0.39, 0.29) is 18.0 Å². The highest BCUT2D eigenvalue weighted by molar-refractivity contribution is 8.00. The molecule has 0 radical (unpaired) electrons. The fraction of sp³-hybridized carbons (Fsp3) is 0.278. The minimum absolute atomic E-state index is 0.0215. The quantitative estimate of drug-likeness (QED) is 0.853. The van der Waals surface area contributed by atoms with Crippen LogP contribution in [0, 0.1) is 6.92 Å². The molecule has 2 aromatic carbocycles. The normalized spacial score (nSPS) is 13.7. The summed E-state index contributed by atoms with van der Waals surface area (Å²) in [4.78, 5) is 13.3. The first-order valence-corrected chi connectivity index (χ1v) is 8.39. The van der Waals surface area contributed by atoms with Gasteiger partial charge in [0, 0.05) is 11.4 Å². The Labute approximate surface area is 140 Å². The molecule has 0 aromatic heterocycles. The first-order chi connectivity index (χ1) is 11.1. The molecule has 0 unspecified atom stereocenters. The number of nitrogens with one attached hydrogen (secondary N) is 1. The number of ether oxygens (including phenoxy) is 2. The summed E-state index contributed by atoms with van der Waals surface area (Å²) in [5.74, 6) is 1.51. The van der Waals surface area contributed by atoms with E-state index < -0.39 is 0 Å². The Balaban J connectivity index is 1.53. The van der Waals surface area contributed by atoms with E-state index in [0.29, 0.717) is 6.54 Å². The van der Waals surface area contributed by atoms with Gasteiger partial charge in [-0.05, 0) is 43.7 Å². The number of fused-ring (bicyclic) bond motifs is 1. The van der Waals surface area contributed by atoms with Gasteiger partial charge in [0.2, 0.25) is 12.7 Å². The molecule has 23 heavy (non-hydrogen) atoms. The van der Waals surface area contributed by atoms with Crippen LogP contribution in [0.4, 0.5) is 0 Å². The van der Waals surface area contributed by atoms with E-state index >= 15 is 0 Å². The summed E-state index contributed by atoms with van der Waals surface area (Å²) in [6.07, 6.45) is 0. The van der Waals surface area contributed by atoms with Crippen LogP contribution in [0.2, 0.25) is 0 Å². The molecule has 0 saturated carbocycles. The van der Waals surface area contributed by atoms with Gasteiger partial charge in [0.05, 0.1) is 5.25 Å². The highest BCUT2D eigenvalue weighted by Crippen LogP contribution is 2.32. The van der Waals surface area contributed by atoms with E-state index in [9.17, 15) is 4.79 Å². The SMILES string of the molecule is Cc1ccc(S[C@H](C)C(=O)NCc2ccc3c(c2)OCO3)cc1. The number of rotatable bonds is 5. The second-order valence-corrected chi connectivity index (χ2v) is 6.89. The van der Waals surface area contributed by atoms with Crippen molar-refractivity contribution in [2.45, 2.75) is 30.5 Å². The Morgan fingerprint density at radius 3 is 2.70 bits per heavy atom. The maximum atomic E-state index is 12.2. The number of thioether (sulfide) groups is 1. The van der Waals surface area contributed by atoms with E-state index in [1.807, 2.05) is 37.3 Å². The number of carbonyl (C=O) groups is 1. The molecule has 1 heterocycles. The molecule has 3 rings (SSSR count). The summed E-state index contributed by atoms with van der Waals surface area (Å²) in [5, 5.41) is 2.82. The highest BCUT2D eigenvalue weighted by atomic mass is 32.2. The lowest BCUT2D eigenvalue weighted by atomic mass is 10.2. The molecule has 4 nitrogen and oxygen atoms in total. The van der Waals surface area contributed by atoms with E-state index in [4.69, 9.17) is 9.47 Å². The van der Waals surface area contributed by atoms with Crippen molar-refractivity contribution in [2.75, 3.05) is 6.79 Å². The number of amides is 1. The lowest BCUT2D eigenvalue weighted by Gasteiger charge is -2.12. The van der Waals surface area contributed by atoms with Crippen LogP contribution in [0.3, 0.4) is 0 Å². The van der Waals surface area contributed by atoms with Crippen LogP contribution in [-0.2, 0) is 11.3 Å². The average Bonchev–Trinajstić information content (AvgIpc) is 3.02. The highest BCUT2D eigenvalue weighted by Gasteiger charge is 2.16. The zero-order chi connectivity index (χ0) is 16.2. The van der Waals surface area contributed by atoms with E-state index in [2.05, 4.69) is 24.4 Å². The number of carbonyl (C=O) groups excluding carboxylic acids is 1. The molecule has 0 aliphatic carbocycles. The fourth-order valence-corrected chi connectivity index (χ4v) is 3.15. The van der Waals surface area contributed by atoms with Crippen molar-refractivity contribution in [3.8, 4) is 11.5 Å². The third kappa shape index (κ3) is 3.99. The van der Waals surface area contributed by atoms with Gasteiger partial charge < -0.3 is 14.8 Å². The van der Waals surface area contributed by atoms with E-state index in [1.165, 1.54) is 5.56 Å². The smallest absolute Gasteiger partial charge is 0.233 e. The number of hydrogen-bond acceptors (Lipinski definition) is 4. The lowest BCUT2D eigenvalue weighted by molar-refractivity contribution is -0.120. The van der Waals surface area contributed by atoms with Gasteiger partial charge >= 0.3 is 0 Å². The minimum atomic E-state index is -0.147. The average molecular weight is 329 g/mol. The summed E-state index contributed by atoms with van der Waals surface area (Å²) in [6, 6.07) is 13.9. The minimum Gasteiger partial charge on any atom is -0.454 e. The van der Waals surface area contributed by atoms with Crippen LogP contribution in [0.5, 0.6) is 11.5 Å². The van der Waals surface area contributed by atoms with Crippen LogP contribution in [0.15, 0.2) is 47.4 Å². The van der Waals surface area contributed by atoms with Gasteiger partial charge in [-0.25, -0.2) is 0 Å². The lowest BCUT2D eigenvalue weighted by Crippen LogP contribution is -2.30. The zero-order valence-corrected chi connectivity index (χ0v) is 14.0. The number of aryl methyl sites for hydroxylation is 1. The molecule has 0 spiro atoms. The van der Waals surface area contributed by atoms with Gasteiger partial charge in [0.25, 0.3) is 0 Å². The van der Waals surface area contributed by atoms with Gasteiger partial charge in [0.1, 0.15) is 0 Å². The maximum absolute atomic E-state index is 12.2. The summed E-state index contributed by atoms with van der Waals surface area (Å²) < 4.78 is 10.6. The summed E-state index contributed by atoms with van der Waals surface area (Å²) in [6.45, 7) is 4.71. The van der Waals surface area contributed by atoms with Crippen LogP contribution in [-0.4, -0.2) is 18.0 Å². The van der Waals surface area contributed by atoms with Crippen molar-refractivity contribution in [3.05, 3.63) is 53.6 Å². The van der Waals surface area contributed by atoms with Crippen LogP contribution in [0.25, 0.3) is 0 Å². The molecule has 0 fully saturated rings. The molecule has 1 atom stereocenters. The van der Waals surface area contributed by atoms with Crippen molar-refractivity contribution in [1.82, 2.24) is 5.32 Å². The van der Waals surface area contributed by atoms with Gasteiger partial charge in [-0.3, -0.25) is 4.79 Å². The molecule has 0 saturated heterocycles. The fourth-order valence-electron chi connectivity index (χ4n) is 2.26. The van der Waals surface area contributed by atoms with E-state index in [1.54, 1.807) is 11.8 Å². The molecule has 120 valence electrons. The molecule has 0 bridgehead atoms. The van der Waals surface area contributed by atoms with Crippen molar-refractivity contribution in [3.63, 3.8) is 0 Å². The van der Waals surface area contributed by atoms with Crippen molar-refractivity contribution in [2.24, 2.45) is 0 Å². The van der Waals surface area contributed by atoms with Gasteiger partial charge in [0.15, 0.2) is 11.5 Å². The topological polar surface area (TPSA) is 47.6 Å². The second-order valence-electron chi connectivity index (χ2n) is 5.48. The van der Waals surface area contributed by atoms with Crippen LogP contribution in [0.1, 0.15) is 18.1 Å². The Morgan fingerprint density at radius 2 is 1.91 bits per heavy atom. The number of benzene rings is 2. The molecular formula is C18H19NO3S. The van der Waals surface area contributed by atoms with Gasteiger partial charge in [-0.1, -0.05) is 23.8 Å². The summed E-state index contributed by atoms with van der Waals surface area (Å²) >= 11 is 1.56. The van der Waals surface area contributed by atoms with Crippen LogP contribution < -0.4 is 14.8 Å². The molecule has 1 aliphatic rings. The Bertz CT molecular complexity index is 700. The first kappa shape index (κ1) is 15.7.